The molecule has 4 heteroatoms. The Morgan fingerprint density at radius 2 is 1.85 bits per heavy atom. The van der Waals surface area contributed by atoms with E-state index >= 15 is 0 Å². The van der Waals surface area contributed by atoms with Gasteiger partial charge in [0.05, 0.1) is 5.60 Å². The number of ether oxygens (including phenoxy) is 1. The lowest BCUT2D eigenvalue weighted by Crippen LogP contribution is -2.55. The van der Waals surface area contributed by atoms with Crippen LogP contribution < -0.4 is 5.73 Å². The van der Waals surface area contributed by atoms with E-state index in [0.29, 0.717) is 0 Å². The molecule has 0 bridgehead atoms. The van der Waals surface area contributed by atoms with Crippen LogP contribution >= 0.6 is 0 Å². The first-order chi connectivity index (χ1) is 5.61. The summed E-state index contributed by atoms with van der Waals surface area (Å²) in [4.78, 5) is 11.1. The second-order valence-electron chi connectivity index (χ2n) is 4.77. The summed E-state index contributed by atoms with van der Waals surface area (Å²) in [6.07, 6.45) is 0.238. The molecule has 13 heavy (non-hydrogen) atoms. The number of aliphatic hydroxyl groups is 1. The van der Waals surface area contributed by atoms with Crippen LogP contribution in [-0.2, 0) is 9.53 Å². The molecule has 0 radical (unpaired) electrons. The van der Waals surface area contributed by atoms with E-state index < -0.39 is 22.7 Å². The van der Waals surface area contributed by atoms with Crippen molar-refractivity contribution < 1.29 is 14.6 Å². The molecule has 3 N–H and O–H groups in total. The van der Waals surface area contributed by atoms with Crippen molar-refractivity contribution in [1.82, 2.24) is 0 Å². The fourth-order valence-electron chi connectivity index (χ4n) is 2.02. The van der Waals surface area contributed by atoms with E-state index in [0.717, 1.165) is 0 Å². The minimum absolute atomic E-state index is 0.238. The van der Waals surface area contributed by atoms with Crippen molar-refractivity contribution in [3.05, 3.63) is 0 Å². The molecular weight excluding hydrogens is 170 g/mol. The lowest BCUT2D eigenvalue weighted by Gasteiger charge is -2.31. The number of primary amides is 1. The Kier molecular flexibility index (Phi) is 1.98. The summed E-state index contributed by atoms with van der Waals surface area (Å²) in [5.41, 5.74) is 2.18. The monoisotopic (exact) mass is 187 g/mol. The molecule has 4 nitrogen and oxygen atoms in total. The fourth-order valence-corrected chi connectivity index (χ4v) is 2.02. The third-order valence-electron chi connectivity index (χ3n) is 2.62. The Bertz CT molecular complexity index is 247. The molecule has 1 saturated heterocycles. The topological polar surface area (TPSA) is 72.5 Å². The van der Waals surface area contributed by atoms with Gasteiger partial charge in [-0.25, -0.2) is 0 Å². The maximum Gasteiger partial charge on any atom is 0.252 e. The molecule has 0 aromatic carbocycles. The number of hydrogen-bond donors (Lipinski definition) is 2. The van der Waals surface area contributed by atoms with E-state index in [1.54, 1.807) is 13.8 Å². The number of amides is 1. The standard InChI is InChI=1S/C9H17NO3/c1-7(2)5-9(12,6(10)11)8(3,4)13-7/h12H,5H2,1-4H3,(H2,10,11). The highest BCUT2D eigenvalue weighted by Crippen LogP contribution is 2.44. The first-order valence-corrected chi connectivity index (χ1v) is 4.33. The lowest BCUT2D eigenvalue weighted by molar-refractivity contribution is -0.157. The van der Waals surface area contributed by atoms with Crippen LogP contribution in [0.4, 0.5) is 0 Å². The Morgan fingerprint density at radius 3 is 2.00 bits per heavy atom. The molecule has 0 saturated carbocycles. The van der Waals surface area contributed by atoms with Gasteiger partial charge in [0.2, 0.25) is 0 Å². The molecule has 1 aliphatic heterocycles. The largest absolute Gasteiger partial charge is 0.377 e. The van der Waals surface area contributed by atoms with Crippen molar-refractivity contribution in [2.45, 2.75) is 50.9 Å². The average Bonchev–Trinajstić information content (AvgIpc) is 1.97. The molecule has 0 aromatic rings. The van der Waals surface area contributed by atoms with Gasteiger partial charge in [0.1, 0.15) is 5.60 Å². The maximum atomic E-state index is 11.1. The van der Waals surface area contributed by atoms with E-state index in [4.69, 9.17) is 10.5 Å². The van der Waals surface area contributed by atoms with Crippen molar-refractivity contribution in [2.75, 3.05) is 0 Å². The van der Waals surface area contributed by atoms with Gasteiger partial charge in [-0.15, -0.1) is 0 Å². The maximum absolute atomic E-state index is 11.1. The van der Waals surface area contributed by atoms with E-state index in [1.165, 1.54) is 0 Å². The SMILES string of the molecule is CC1(C)CC(O)(C(N)=O)C(C)(C)O1. The van der Waals surface area contributed by atoms with Crippen LogP contribution in [0.3, 0.4) is 0 Å². The first-order valence-electron chi connectivity index (χ1n) is 4.33. The van der Waals surface area contributed by atoms with Crippen LogP contribution in [0, 0.1) is 0 Å². The van der Waals surface area contributed by atoms with Gasteiger partial charge in [-0.05, 0) is 27.7 Å². The van der Waals surface area contributed by atoms with Crippen LogP contribution in [0.5, 0.6) is 0 Å². The lowest BCUT2D eigenvalue weighted by atomic mass is 9.82. The Labute approximate surface area is 78.1 Å². The molecule has 1 rings (SSSR count). The predicted molar refractivity (Wildman–Crippen MR) is 48.0 cm³/mol. The number of rotatable bonds is 1. The summed E-state index contributed by atoms with van der Waals surface area (Å²) in [7, 11) is 0. The Balaban J connectivity index is 3.07. The van der Waals surface area contributed by atoms with Crippen molar-refractivity contribution in [3.8, 4) is 0 Å². The molecular formula is C9H17NO3. The second kappa shape index (κ2) is 2.45. The molecule has 1 atom stereocenters. The molecule has 76 valence electrons. The predicted octanol–water partition coefficient (Wildman–Crippen LogP) is 0.180. The van der Waals surface area contributed by atoms with E-state index in [9.17, 15) is 9.90 Å². The average molecular weight is 187 g/mol. The van der Waals surface area contributed by atoms with Crippen molar-refractivity contribution >= 4 is 5.91 Å². The summed E-state index contributed by atoms with van der Waals surface area (Å²) < 4.78 is 5.56. The third-order valence-corrected chi connectivity index (χ3v) is 2.62. The second-order valence-corrected chi connectivity index (χ2v) is 4.77. The highest BCUT2D eigenvalue weighted by molar-refractivity contribution is 5.85. The minimum atomic E-state index is -1.56. The quantitative estimate of drug-likeness (QED) is 0.615. The molecule has 0 aromatic heterocycles. The molecule has 0 aliphatic carbocycles. The van der Waals surface area contributed by atoms with E-state index in [-0.39, 0.29) is 6.42 Å². The molecule has 1 unspecified atom stereocenters. The smallest absolute Gasteiger partial charge is 0.252 e. The zero-order chi connectivity index (χ0) is 10.5. The van der Waals surface area contributed by atoms with Crippen LogP contribution in [0.2, 0.25) is 0 Å². The zero-order valence-corrected chi connectivity index (χ0v) is 8.55. The van der Waals surface area contributed by atoms with Crippen LogP contribution in [0.25, 0.3) is 0 Å². The highest BCUT2D eigenvalue weighted by atomic mass is 16.6. The van der Waals surface area contributed by atoms with Gasteiger partial charge in [-0.3, -0.25) is 4.79 Å². The number of carbonyl (C=O) groups excluding carboxylic acids is 1. The first kappa shape index (κ1) is 10.5. The van der Waals surface area contributed by atoms with Crippen LogP contribution in [0.1, 0.15) is 34.1 Å². The van der Waals surface area contributed by atoms with Crippen LogP contribution in [0.15, 0.2) is 0 Å². The van der Waals surface area contributed by atoms with Crippen LogP contribution in [-0.4, -0.2) is 27.8 Å². The third kappa shape index (κ3) is 1.44. The molecule has 1 heterocycles. The number of carbonyl (C=O) groups is 1. The summed E-state index contributed by atoms with van der Waals surface area (Å²) in [5.74, 6) is -0.719. The Hall–Kier alpha value is -0.610. The Morgan fingerprint density at radius 1 is 1.38 bits per heavy atom. The van der Waals surface area contributed by atoms with Crippen molar-refractivity contribution in [3.63, 3.8) is 0 Å². The number of hydrogen-bond acceptors (Lipinski definition) is 3. The van der Waals surface area contributed by atoms with Gasteiger partial charge in [0.15, 0.2) is 5.60 Å². The summed E-state index contributed by atoms with van der Waals surface area (Å²) in [6.45, 7) is 7.00. The highest BCUT2D eigenvalue weighted by Gasteiger charge is 2.60. The van der Waals surface area contributed by atoms with E-state index in [2.05, 4.69) is 0 Å². The van der Waals surface area contributed by atoms with Gasteiger partial charge in [-0.1, -0.05) is 0 Å². The number of nitrogens with two attached hydrogens (primary N) is 1. The molecule has 1 amide bonds. The molecule has 1 fully saturated rings. The van der Waals surface area contributed by atoms with Gasteiger partial charge >= 0.3 is 0 Å². The van der Waals surface area contributed by atoms with Gasteiger partial charge < -0.3 is 15.6 Å². The van der Waals surface area contributed by atoms with Gasteiger partial charge in [-0.2, -0.15) is 0 Å². The van der Waals surface area contributed by atoms with Crippen molar-refractivity contribution in [2.24, 2.45) is 5.73 Å². The van der Waals surface area contributed by atoms with Crippen molar-refractivity contribution in [1.29, 1.82) is 0 Å². The van der Waals surface area contributed by atoms with E-state index in [1.807, 2.05) is 13.8 Å². The van der Waals surface area contributed by atoms with Gasteiger partial charge in [0, 0.05) is 6.42 Å². The summed E-state index contributed by atoms with van der Waals surface area (Å²) in [5, 5.41) is 10.0. The summed E-state index contributed by atoms with van der Waals surface area (Å²) >= 11 is 0. The van der Waals surface area contributed by atoms with Gasteiger partial charge in [0.25, 0.3) is 5.91 Å². The fraction of sp³-hybridized carbons (Fsp3) is 0.889. The summed E-state index contributed by atoms with van der Waals surface area (Å²) in [6, 6.07) is 0. The molecule has 0 spiro atoms. The minimum Gasteiger partial charge on any atom is -0.377 e. The molecule has 1 aliphatic rings. The zero-order valence-electron chi connectivity index (χ0n) is 8.55. The normalized spacial score (nSPS) is 36.1.